The zero-order chi connectivity index (χ0) is 20.0. The molecule has 7 heteroatoms. The molecule has 2 rings (SSSR count). The quantitative estimate of drug-likeness (QED) is 0.371. The van der Waals surface area contributed by atoms with Gasteiger partial charge < -0.3 is 24.8 Å². The van der Waals surface area contributed by atoms with E-state index < -0.39 is 36.7 Å². The number of fused-ring (bicyclic) bond motifs is 1. The number of ether oxygens (including phenoxy) is 2. The SMILES string of the molecule is C=C1C(=O)O[C@@H]2/C=C(\CO)CC/C=C(\CO)C[C@H](OC(=O)/C(=C\C)CO)[C@@H]12. The standard InChI is InChI=1S/C20H26O7/c1-3-15(11-23)20(25)27-17-8-14(10-22)6-4-5-13(9-21)7-16-18(17)12(2)19(24)26-16/h3,6-7,16-18,21-23H,2,4-5,8-11H2,1H3/b13-7-,14-6-,15-3-/t16-,17+,18+/m1/s1. The Hall–Kier alpha value is -2.22. The molecular weight excluding hydrogens is 352 g/mol. The molecule has 1 heterocycles. The first kappa shape index (κ1) is 21.1. The van der Waals surface area contributed by atoms with Crippen LogP contribution in [-0.4, -0.2) is 59.3 Å². The van der Waals surface area contributed by atoms with E-state index in [1.807, 2.05) is 6.08 Å². The minimum Gasteiger partial charge on any atom is -0.458 e. The Kier molecular flexibility index (Phi) is 7.53. The average molecular weight is 378 g/mol. The molecule has 0 aromatic rings. The lowest BCUT2D eigenvalue weighted by atomic mass is 9.85. The van der Waals surface area contributed by atoms with Crippen molar-refractivity contribution in [2.24, 2.45) is 5.92 Å². The van der Waals surface area contributed by atoms with Crippen LogP contribution >= 0.6 is 0 Å². The van der Waals surface area contributed by atoms with Crippen LogP contribution in [0.4, 0.5) is 0 Å². The van der Waals surface area contributed by atoms with Crippen LogP contribution in [0.1, 0.15) is 26.2 Å². The van der Waals surface area contributed by atoms with Crippen molar-refractivity contribution < 1.29 is 34.4 Å². The van der Waals surface area contributed by atoms with Gasteiger partial charge in [-0.15, -0.1) is 0 Å². The molecule has 0 spiro atoms. The fourth-order valence-corrected chi connectivity index (χ4v) is 3.29. The largest absolute Gasteiger partial charge is 0.458 e. The number of aliphatic hydroxyl groups is 3. The van der Waals surface area contributed by atoms with Crippen molar-refractivity contribution in [3.05, 3.63) is 47.1 Å². The fraction of sp³-hybridized carbons (Fsp3) is 0.500. The van der Waals surface area contributed by atoms with Gasteiger partial charge in [-0.25, -0.2) is 9.59 Å². The Morgan fingerprint density at radius 3 is 2.63 bits per heavy atom. The van der Waals surface area contributed by atoms with Gasteiger partial charge in [-0.05, 0) is 37.0 Å². The van der Waals surface area contributed by atoms with E-state index in [0.717, 1.165) is 0 Å². The van der Waals surface area contributed by atoms with Crippen molar-refractivity contribution in [2.45, 2.75) is 38.4 Å². The third-order valence-corrected chi connectivity index (χ3v) is 4.87. The van der Waals surface area contributed by atoms with Crippen molar-refractivity contribution in [3.8, 4) is 0 Å². The van der Waals surface area contributed by atoms with Crippen LogP contribution in [-0.2, 0) is 19.1 Å². The monoisotopic (exact) mass is 378 g/mol. The molecule has 1 fully saturated rings. The van der Waals surface area contributed by atoms with Gasteiger partial charge in [0.25, 0.3) is 0 Å². The number of esters is 2. The Morgan fingerprint density at radius 2 is 2.04 bits per heavy atom. The summed E-state index contributed by atoms with van der Waals surface area (Å²) in [6.45, 7) is 4.52. The highest BCUT2D eigenvalue weighted by Crippen LogP contribution is 2.36. The summed E-state index contributed by atoms with van der Waals surface area (Å²) in [5, 5.41) is 28.5. The molecule has 1 aliphatic heterocycles. The lowest BCUT2D eigenvalue weighted by molar-refractivity contribution is -0.147. The molecule has 7 nitrogen and oxygen atoms in total. The molecule has 0 aromatic carbocycles. The molecule has 2 aliphatic rings. The minimum absolute atomic E-state index is 0.0978. The first-order valence-electron chi connectivity index (χ1n) is 8.91. The van der Waals surface area contributed by atoms with Gasteiger partial charge in [0.2, 0.25) is 0 Å². The van der Waals surface area contributed by atoms with Crippen LogP contribution in [0.3, 0.4) is 0 Å². The molecule has 0 aromatic heterocycles. The summed E-state index contributed by atoms with van der Waals surface area (Å²) in [6, 6.07) is 0. The molecule has 3 atom stereocenters. The molecule has 0 unspecified atom stereocenters. The van der Waals surface area contributed by atoms with Crippen LogP contribution in [0.5, 0.6) is 0 Å². The lowest BCUT2D eigenvalue weighted by Gasteiger charge is -2.28. The maximum absolute atomic E-state index is 12.4. The van der Waals surface area contributed by atoms with Gasteiger partial charge in [0, 0.05) is 12.0 Å². The molecule has 1 aliphatic carbocycles. The van der Waals surface area contributed by atoms with Crippen LogP contribution in [0.15, 0.2) is 47.1 Å². The van der Waals surface area contributed by atoms with Crippen molar-refractivity contribution in [1.82, 2.24) is 0 Å². The van der Waals surface area contributed by atoms with Gasteiger partial charge in [-0.3, -0.25) is 0 Å². The second-order valence-electron chi connectivity index (χ2n) is 6.58. The topological polar surface area (TPSA) is 113 Å². The predicted octanol–water partition coefficient (Wildman–Crippen LogP) is 0.956. The Labute approximate surface area is 158 Å². The smallest absolute Gasteiger partial charge is 0.336 e. The van der Waals surface area contributed by atoms with Gasteiger partial charge in [0.15, 0.2) is 0 Å². The van der Waals surface area contributed by atoms with Crippen molar-refractivity contribution in [2.75, 3.05) is 19.8 Å². The molecule has 0 bridgehead atoms. The van der Waals surface area contributed by atoms with E-state index in [1.54, 1.807) is 13.0 Å². The van der Waals surface area contributed by atoms with Crippen LogP contribution in [0.25, 0.3) is 0 Å². The van der Waals surface area contributed by atoms with Crippen LogP contribution in [0, 0.1) is 5.92 Å². The van der Waals surface area contributed by atoms with Crippen molar-refractivity contribution in [3.63, 3.8) is 0 Å². The maximum atomic E-state index is 12.4. The summed E-state index contributed by atoms with van der Waals surface area (Å²) in [4.78, 5) is 24.5. The molecule has 0 saturated carbocycles. The van der Waals surface area contributed by atoms with Gasteiger partial charge in [0.05, 0.1) is 31.3 Å². The summed E-state index contributed by atoms with van der Waals surface area (Å²) in [5.74, 6) is -1.92. The Bertz CT molecular complexity index is 686. The first-order chi connectivity index (χ1) is 12.9. The van der Waals surface area contributed by atoms with Crippen LogP contribution < -0.4 is 0 Å². The summed E-state index contributed by atoms with van der Waals surface area (Å²) in [5.41, 5.74) is 1.62. The van der Waals surface area contributed by atoms with Gasteiger partial charge in [-0.1, -0.05) is 18.7 Å². The van der Waals surface area contributed by atoms with E-state index in [2.05, 4.69) is 6.58 Å². The third kappa shape index (κ3) is 4.94. The number of carbonyl (C=O) groups excluding carboxylic acids is 2. The molecule has 27 heavy (non-hydrogen) atoms. The minimum atomic E-state index is -0.810. The van der Waals surface area contributed by atoms with Crippen molar-refractivity contribution in [1.29, 1.82) is 0 Å². The van der Waals surface area contributed by atoms with Gasteiger partial charge >= 0.3 is 11.9 Å². The maximum Gasteiger partial charge on any atom is 0.336 e. The predicted molar refractivity (Wildman–Crippen MR) is 97.4 cm³/mol. The zero-order valence-electron chi connectivity index (χ0n) is 15.4. The second kappa shape index (κ2) is 9.64. The molecule has 0 radical (unpaired) electrons. The molecular formula is C20H26O7. The van der Waals surface area contributed by atoms with Gasteiger partial charge in [0.1, 0.15) is 12.2 Å². The highest BCUT2D eigenvalue weighted by atomic mass is 16.6. The Balaban J connectivity index is 2.43. The van der Waals surface area contributed by atoms with E-state index in [4.69, 9.17) is 9.47 Å². The van der Waals surface area contributed by atoms with E-state index in [0.29, 0.717) is 24.0 Å². The number of hydrogen-bond donors (Lipinski definition) is 3. The van der Waals surface area contributed by atoms with E-state index in [9.17, 15) is 24.9 Å². The highest BCUT2D eigenvalue weighted by Gasteiger charge is 2.44. The zero-order valence-corrected chi connectivity index (χ0v) is 15.4. The number of carbonyl (C=O) groups is 2. The summed E-state index contributed by atoms with van der Waals surface area (Å²) in [7, 11) is 0. The van der Waals surface area contributed by atoms with E-state index in [1.165, 1.54) is 6.08 Å². The van der Waals surface area contributed by atoms with Crippen molar-refractivity contribution >= 4 is 11.9 Å². The highest BCUT2D eigenvalue weighted by molar-refractivity contribution is 5.92. The average Bonchev–Trinajstić information content (AvgIpc) is 2.93. The van der Waals surface area contributed by atoms with E-state index >= 15 is 0 Å². The molecule has 0 amide bonds. The first-order valence-corrected chi connectivity index (χ1v) is 8.91. The summed E-state index contributed by atoms with van der Waals surface area (Å²) < 4.78 is 11.0. The number of hydrogen-bond acceptors (Lipinski definition) is 7. The molecule has 3 N–H and O–H groups in total. The van der Waals surface area contributed by atoms with Gasteiger partial charge in [-0.2, -0.15) is 0 Å². The second-order valence-corrected chi connectivity index (χ2v) is 6.58. The molecule has 1 saturated heterocycles. The fourth-order valence-electron chi connectivity index (χ4n) is 3.29. The Morgan fingerprint density at radius 1 is 1.33 bits per heavy atom. The number of rotatable bonds is 5. The lowest BCUT2D eigenvalue weighted by Crippen LogP contribution is -2.34. The summed E-state index contributed by atoms with van der Waals surface area (Å²) in [6.07, 6.45) is 4.82. The summed E-state index contributed by atoms with van der Waals surface area (Å²) >= 11 is 0. The third-order valence-electron chi connectivity index (χ3n) is 4.87. The number of aliphatic hydroxyl groups excluding tert-OH is 3. The number of allylic oxidation sites excluding steroid dienone is 2. The normalized spacial score (nSPS) is 30.5. The van der Waals surface area contributed by atoms with Crippen LogP contribution in [0.2, 0.25) is 0 Å². The molecule has 148 valence electrons. The van der Waals surface area contributed by atoms with E-state index in [-0.39, 0.29) is 30.8 Å².